The number of amides is 1. The van der Waals surface area contributed by atoms with Crippen molar-refractivity contribution < 1.29 is 4.79 Å². The third-order valence-corrected chi connectivity index (χ3v) is 4.29. The van der Waals surface area contributed by atoms with Crippen molar-refractivity contribution in [2.75, 3.05) is 6.54 Å². The molecule has 0 aliphatic carbocycles. The van der Waals surface area contributed by atoms with E-state index in [9.17, 15) is 4.79 Å². The molecule has 0 spiro atoms. The summed E-state index contributed by atoms with van der Waals surface area (Å²) in [7, 11) is 0. The van der Waals surface area contributed by atoms with Crippen molar-refractivity contribution in [3.05, 3.63) is 76.9 Å². The lowest BCUT2D eigenvalue weighted by Crippen LogP contribution is -2.29. The Bertz CT molecular complexity index is 890. The number of nitrogens with one attached hydrogen (secondary N) is 1. The quantitative estimate of drug-likeness (QED) is 0.706. The predicted octanol–water partition coefficient (Wildman–Crippen LogP) is 1.77. The van der Waals surface area contributed by atoms with Crippen LogP contribution in [0.5, 0.6) is 0 Å². The number of hydrogen-bond acceptors (Lipinski definition) is 5. The van der Waals surface area contributed by atoms with E-state index in [4.69, 9.17) is 5.73 Å². The van der Waals surface area contributed by atoms with Crippen molar-refractivity contribution in [2.45, 2.75) is 26.4 Å². The second-order valence-corrected chi connectivity index (χ2v) is 6.19. The summed E-state index contributed by atoms with van der Waals surface area (Å²) in [6.07, 6.45) is 5.06. The van der Waals surface area contributed by atoms with Crippen LogP contribution >= 0.6 is 0 Å². The molecular weight excluding hydrogens is 328 g/mol. The van der Waals surface area contributed by atoms with Gasteiger partial charge in [0.05, 0.1) is 18.8 Å². The molecule has 0 aliphatic heterocycles. The molecule has 0 saturated carbocycles. The molecule has 0 aliphatic rings. The number of rotatable bonds is 6. The van der Waals surface area contributed by atoms with Gasteiger partial charge in [0.1, 0.15) is 0 Å². The number of carbonyl (C=O) groups is 1. The van der Waals surface area contributed by atoms with Crippen LogP contribution in [-0.2, 0) is 6.54 Å². The summed E-state index contributed by atoms with van der Waals surface area (Å²) in [5.41, 5.74) is 10.0. The normalized spacial score (nSPS) is 12.0. The van der Waals surface area contributed by atoms with Crippen LogP contribution in [0, 0.1) is 13.8 Å². The third-order valence-electron chi connectivity index (χ3n) is 4.29. The van der Waals surface area contributed by atoms with Gasteiger partial charge in [-0.25, -0.2) is 0 Å². The highest BCUT2D eigenvalue weighted by atomic mass is 16.2. The SMILES string of the molecule is Cc1ccc(C(NC(=O)c2cn(CCN)nn2)c2cccnc2)cc1C. The zero-order valence-electron chi connectivity index (χ0n) is 14.9. The Balaban J connectivity index is 1.90. The highest BCUT2D eigenvalue weighted by Gasteiger charge is 2.20. The smallest absolute Gasteiger partial charge is 0.274 e. The molecule has 0 saturated heterocycles. The number of carbonyl (C=O) groups excluding carboxylic acids is 1. The van der Waals surface area contributed by atoms with E-state index in [0.29, 0.717) is 13.1 Å². The van der Waals surface area contributed by atoms with Crippen LogP contribution in [0.15, 0.2) is 48.9 Å². The highest BCUT2D eigenvalue weighted by Crippen LogP contribution is 2.24. The lowest BCUT2D eigenvalue weighted by molar-refractivity contribution is 0.0937. The molecule has 134 valence electrons. The zero-order valence-corrected chi connectivity index (χ0v) is 14.9. The Hall–Kier alpha value is -3.06. The van der Waals surface area contributed by atoms with E-state index in [-0.39, 0.29) is 17.6 Å². The second kappa shape index (κ2) is 7.88. The maximum absolute atomic E-state index is 12.7. The van der Waals surface area contributed by atoms with Gasteiger partial charge in [0.2, 0.25) is 0 Å². The minimum absolute atomic E-state index is 0.260. The topological polar surface area (TPSA) is 98.7 Å². The number of nitrogens with two attached hydrogens (primary N) is 1. The molecule has 3 N–H and O–H groups in total. The molecule has 7 heteroatoms. The predicted molar refractivity (Wildman–Crippen MR) is 98.5 cm³/mol. The highest BCUT2D eigenvalue weighted by molar-refractivity contribution is 5.92. The van der Waals surface area contributed by atoms with Crippen molar-refractivity contribution in [3.63, 3.8) is 0 Å². The van der Waals surface area contributed by atoms with Crippen LogP contribution in [0.3, 0.4) is 0 Å². The molecule has 0 bridgehead atoms. The van der Waals surface area contributed by atoms with Gasteiger partial charge in [0, 0.05) is 18.9 Å². The molecular formula is C19H22N6O. The number of aryl methyl sites for hydroxylation is 2. The summed E-state index contributed by atoms with van der Waals surface area (Å²) in [6, 6.07) is 9.63. The molecule has 2 heterocycles. The van der Waals surface area contributed by atoms with Crippen LogP contribution in [-0.4, -0.2) is 32.4 Å². The molecule has 26 heavy (non-hydrogen) atoms. The number of hydrogen-bond donors (Lipinski definition) is 2. The summed E-state index contributed by atoms with van der Waals surface area (Å²) in [5, 5.41) is 10.9. The van der Waals surface area contributed by atoms with Gasteiger partial charge in [0.15, 0.2) is 5.69 Å². The van der Waals surface area contributed by atoms with Crippen LogP contribution in [0.2, 0.25) is 0 Å². The van der Waals surface area contributed by atoms with E-state index in [1.54, 1.807) is 23.3 Å². The Morgan fingerprint density at radius 3 is 2.77 bits per heavy atom. The van der Waals surface area contributed by atoms with Gasteiger partial charge in [-0.15, -0.1) is 5.10 Å². The Kier molecular flexibility index (Phi) is 5.38. The summed E-state index contributed by atoms with van der Waals surface area (Å²) < 4.78 is 1.56. The Morgan fingerprint density at radius 1 is 1.23 bits per heavy atom. The van der Waals surface area contributed by atoms with Gasteiger partial charge in [-0.1, -0.05) is 29.5 Å². The van der Waals surface area contributed by atoms with Crippen molar-refractivity contribution >= 4 is 5.91 Å². The largest absolute Gasteiger partial charge is 0.340 e. The molecule has 0 fully saturated rings. The van der Waals surface area contributed by atoms with Crippen LogP contribution in [0.4, 0.5) is 0 Å². The zero-order chi connectivity index (χ0) is 18.5. The summed E-state index contributed by atoms with van der Waals surface area (Å²) in [4.78, 5) is 16.9. The summed E-state index contributed by atoms with van der Waals surface area (Å²) in [6.45, 7) is 5.07. The van der Waals surface area contributed by atoms with Crippen LogP contribution in [0.1, 0.15) is 38.8 Å². The summed E-state index contributed by atoms with van der Waals surface area (Å²) in [5.74, 6) is -0.291. The lowest BCUT2D eigenvalue weighted by atomic mass is 9.96. The van der Waals surface area contributed by atoms with Gasteiger partial charge >= 0.3 is 0 Å². The van der Waals surface area contributed by atoms with Crippen molar-refractivity contribution in [2.24, 2.45) is 5.73 Å². The molecule has 1 atom stereocenters. The van der Waals surface area contributed by atoms with Crippen molar-refractivity contribution in [1.29, 1.82) is 0 Å². The van der Waals surface area contributed by atoms with Gasteiger partial charge in [-0.05, 0) is 42.2 Å². The standard InChI is InChI=1S/C19H22N6O/c1-13-5-6-15(10-14(13)2)18(16-4-3-8-21-11-16)22-19(26)17-12-25(9-7-20)24-23-17/h3-6,8,10-12,18H,7,9,20H2,1-2H3,(H,22,26). The average molecular weight is 350 g/mol. The van der Waals surface area contributed by atoms with Gasteiger partial charge in [0.25, 0.3) is 5.91 Å². The van der Waals surface area contributed by atoms with Crippen molar-refractivity contribution in [3.8, 4) is 0 Å². The van der Waals surface area contributed by atoms with E-state index in [2.05, 4.69) is 46.6 Å². The van der Waals surface area contributed by atoms with Gasteiger partial charge < -0.3 is 11.1 Å². The molecule has 3 rings (SSSR count). The fourth-order valence-electron chi connectivity index (χ4n) is 2.70. The minimum Gasteiger partial charge on any atom is -0.340 e. The first-order valence-corrected chi connectivity index (χ1v) is 8.46. The number of nitrogens with zero attached hydrogens (tertiary/aromatic N) is 4. The maximum atomic E-state index is 12.7. The molecule has 2 aromatic heterocycles. The monoisotopic (exact) mass is 350 g/mol. The van der Waals surface area contributed by atoms with E-state index < -0.39 is 0 Å². The van der Waals surface area contributed by atoms with Gasteiger partial charge in [-0.2, -0.15) is 0 Å². The lowest BCUT2D eigenvalue weighted by Gasteiger charge is -2.20. The average Bonchev–Trinajstić information content (AvgIpc) is 3.12. The fraction of sp³-hybridized carbons (Fsp3) is 0.263. The molecule has 1 aromatic carbocycles. The van der Waals surface area contributed by atoms with E-state index in [1.165, 1.54) is 11.1 Å². The number of aromatic nitrogens is 4. The van der Waals surface area contributed by atoms with Crippen LogP contribution < -0.4 is 11.1 Å². The van der Waals surface area contributed by atoms with Crippen LogP contribution in [0.25, 0.3) is 0 Å². The third kappa shape index (κ3) is 3.94. The molecule has 3 aromatic rings. The second-order valence-electron chi connectivity index (χ2n) is 6.19. The van der Waals surface area contributed by atoms with E-state index >= 15 is 0 Å². The number of benzene rings is 1. The number of pyridine rings is 1. The first kappa shape index (κ1) is 17.8. The van der Waals surface area contributed by atoms with Gasteiger partial charge in [-0.3, -0.25) is 14.5 Å². The fourth-order valence-corrected chi connectivity index (χ4v) is 2.70. The molecule has 1 amide bonds. The molecule has 0 radical (unpaired) electrons. The van der Waals surface area contributed by atoms with E-state index in [0.717, 1.165) is 11.1 Å². The first-order valence-electron chi connectivity index (χ1n) is 8.46. The molecule has 7 nitrogen and oxygen atoms in total. The Morgan fingerprint density at radius 2 is 2.08 bits per heavy atom. The van der Waals surface area contributed by atoms with E-state index in [1.807, 2.05) is 18.2 Å². The summed E-state index contributed by atoms with van der Waals surface area (Å²) >= 11 is 0. The van der Waals surface area contributed by atoms with Crippen molar-refractivity contribution in [1.82, 2.24) is 25.3 Å². The maximum Gasteiger partial charge on any atom is 0.274 e. The molecule has 1 unspecified atom stereocenters. The Labute approximate surface area is 152 Å². The first-order chi connectivity index (χ1) is 12.6. The minimum atomic E-state index is -0.324.